The third-order valence-corrected chi connectivity index (χ3v) is 7.41. The number of hydrogen-bond acceptors (Lipinski definition) is 2. The summed E-state index contributed by atoms with van der Waals surface area (Å²) >= 11 is 0. The van der Waals surface area contributed by atoms with Crippen LogP contribution in [-0.2, 0) is 0 Å². The van der Waals surface area contributed by atoms with Crippen LogP contribution in [0.2, 0.25) is 0 Å². The van der Waals surface area contributed by atoms with Crippen molar-refractivity contribution in [2.24, 2.45) is 0 Å². The van der Waals surface area contributed by atoms with E-state index in [2.05, 4.69) is 110 Å². The second-order valence-corrected chi connectivity index (χ2v) is 9.48. The Hall–Kier alpha value is -3.00. The van der Waals surface area contributed by atoms with E-state index in [0.717, 1.165) is 0 Å². The van der Waals surface area contributed by atoms with Crippen LogP contribution >= 0.6 is 0 Å². The van der Waals surface area contributed by atoms with Crippen molar-refractivity contribution < 1.29 is 0 Å². The van der Waals surface area contributed by atoms with Crippen molar-refractivity contribution in [2.45, 2.75) is 65.6 Å². The Morgan fingerprint density at radius 3 is 1.91 bits per heavy atom. The zero-order valence-electron chi connectivity index (χ0n) is 19.8. The molecule has 164 valence electrons. The molecule has 5 rings (SSSR count). The summed E-state index contributed by atoms with van der Waals surface area (Å²) in [7, 11) is 0. The van der Waals surface area contributed by atoms with Crippen LogP contribution < -0.4 is 4.90 Å². The SMILES string of the molecule is CC1=C(c2ccccc2)N(C2CCCC2)C(c2c(C)cccc2C)N1c1ccccc1C. The van der Waals surface area contributed by atoms with Gasteiger partial charge in [-0.1, -0.05) is 79.6 Å². The van der Waals surface area contributed by atoms with Crippen LogP contribution in [0, 0.1) is 20.8 Å². The maximum absolute atomic E-state index is 2.78. The fourth-order valence-corrected chi connectivity index (χ4v) is 5.90. The quantitative estimate of drug-likeness (QED) is 0.424. The first kappa shape index (κ1) is 20.9. The van der Waals surface area contributed by atoms with Crippen LogP contribution in [0.15, 0.2) is 78.5 Å². The summed E-state index contributed by atoms with van der Waals surface area (Å²) in [5.41, 5.74) is 10.9. The number of allylic oxidation sites excluding steroid dienone is 1. The van der Waals surface area contributed by atoms with Crippen LogP contribution in [0.3, 0.4) is 0 Å². The third-order valence-electron chi connectivity index (χ3n) is 7.41. The van der Waals surface area contributed by atoms with Gasteiger partial charge < -0.3 is 9.80 Å². The number of hydrogen-bond donors (Lipinski definition) is 0. The highest BCUT2D eigenvalue weighted by Gasteiger charge is 2.44. The van der Waals surface area contributed by atoms with Gasteiger partial charge in [-0.2, -0.15) is 0 Å². The van der Waals surface area contributed by atoms with E-state index in [-0.39, 0.29) is 6.17 Å². The molecule has 0 aromatic heterocycles. The number of anilines is 1. The highest BCUT2D eigenvalue weighted by Crippen LogP contribution is 2.51. The van der Waals surface area contributed by atoms with Crippen molar-refractivity contribution in [3.8, 4) is 0 Å². The molecule has 0 amide bonds. The zero-order valence-corrected chi connectivity index (χ0v) is 19.8. The molecule has 3 aromatic carbocycles. The lowest BCUT2D eigenvalue weighted by atomic mass is 9.97. The zero-order chi connectivity index (χ0) is 22.2. The first-order valence-corrected chi connectivity index (χ1v) is 12.0. The van der Waals surface area contributed by atoms with Gasteiger partial charge in [0.25, 0.3) is 0 Å². The monoisotopic (exact) mass is 422 g/mol. The van der Waals surface area contributed by atoms with Crippen molar-refractivity contribution in [1.29, 1.82) is 0 Å². The molecule has 32 heavy (non-hydrogen) atoms. The van der Waals surface area contributed by atoms with Gasteiger partial charge >= 0.3 is 0 Å². The van der Waals surface area contributed by atoms with Crippen molar-refractivity contribution in [3.05, 3.63) is 106 Å². The summed E-state index contributed by atoms with van der Waals surface area (Å²) in [4.78, 5) is 5.39. The predicted molar refractivity (Wildman–Crippen MR) is 135 cm³/mol. The van der Waals surface area contributed by atoms with Crippen molar-refractivity contribution >= 4 is 11.4 Å². The molecule has 0 N–H and O–H groups in total. The molecule has 1 saturated carbocycles. The highest BCUT2D eigenvalue weighted by atomic mass is 15.4. The first-order chi connectivity index (χ1) is 15.6. The largest absolute Gasteiger partial charge is 0.342 e. The van der Waals surface area contributed by atoms with E-state index in [4.69, 9.17) is 0 Å². The molecule has 0 bridgehead atoms. The van der Waals surface area contributed by atoms with E-state index in [1.54, 1.807) is 0 Å². The lowest BCUT2D eigenvalue weighted by Crippen LogP contribution is -2.39. The Morgan fingerprint density at radius 1 is 0.656 bits per heavy atom. The van der Waals surface area contributed by atoms with Crippen LogP contribution in [0.5, 0.6) is 0 Å². The molecule has 0 saturated heterocycles. The standard InChI is InChI=1S/C30H34N2/c1-21-13-8-11-20-27(21)31-24(4)29(25-16-6-5-7-17-25)32(26-18-9-10-19-26)30(31)28-22(2)14-12-15-23(28)3/h5-8,11-17,20,26,30H,9-10,18-19H2,1-4H3. The molecule has 1 atom stereocenters. The van der Waals surface area contributed by atoms with E-state index in [0.29, 0.717) is 6.04 Å². The van der Waals surface area contributed by atoms with Crippen molar-refractivity contribution in [1.82, 2.24) is 4.90 Å². The average Bonchev–Trinajstić information content (AvgIpc) is 3.41. The Balaban J connectivity index is 1.79. The van der Waals surface area contributed by atoms with Crippen molar-refractivity contribution in [3.63, 3.8) is 0 Å². The summed E-state index contributed by atoms with van der Waals surface area (Å²) in [5, 5.41) is 0. The molecule has 1 aliphatic heterocycles. The molecule has 0 spiro atoms. The highest BCUT2D eigenvalue weighted by molar-refractivity contribution is 5.78. The molecule has 1 aliphatic carbocycles. The van der Waals surface area contributed by atoms with Gasteiger partial charge in [0.15, 0.2) is 0 Å². The second-order valence-electron chi connectivity index (χ2n) is 9.48. The molecule has 1 fully saturated rings. The summed E-state index contributed by atoms with van der Waals surface area (Å²) in [6, 6.07) is 27.2. The molecule has 1 unspecified atom stereocenters. The van der Waals surface area contributed by atoms with Gasteiger partial charge in [-0.3, -0.25) is 0 Å². The van der Waals surface area contributed by atoms with Crippen molar-refractivity contribution in [2.75, 3.05) is 4.90 Å². The number of benzene rings is 3. The molecular weight excluding hydrogens is 388 g/mol. The van der Waals surface area contributed by atoms with Crippen LogP contribution in [0.1, 0.15) is 66.6 Å². The minimum Gasteiger partial charge on any atom is -0.342 e. The van der Waals surface area contributed by atoms with E-state index < -0.39 is 0 Å². The summed E-state index contributed by atoms with van der Waals surface area (Å²) in [6.07, 6.45) is 5.37. The maximum Gasteiger partial charge on any atom is 0.133 e. The minimum atomic E-state index is 0.176. The van der Waals surface area contributed by atoms with Gasteiger partial charge in [-0.15, -0.1) is 0 Å². The van der Waals surface area contributed by atoms with Crippen LogP contribution in [0.25, 0.3) is 5.70 Å². The van der Waals surface area contributed by atoms with Gasteiger partial charge in [-0.25, -0.2) is 0 Å². The Kier molecular flexibility index (Phi) is 5.55. The number of para-hydroxylation sites is 1. The Morgan fingerprint density at radius 2 is 1.25 bits per heavy atom. The molecule has 2 heteroatoms. The first-order valence-electron chi connectivity index (χ1n) is 12.0. The number of aryl methyl sites for hydroxylation is 3. The topological polar surface area (TPSA) is 6.48 Å². The van der Waals surface area contributed by atoms with Gasteiger partial charge in [0.05, 0.1) is 5.70 Å². The predicted octanol–water partition coefficient (Wildman–Crippen LogP) is 7.76. The molecule has 2 aliphatic rings. The summed E-state index contributed by atoms with van der Waals surface area (Å²) in [6.45, 7) is 9.12. The van der Waals surface area contributed by atoms with Crippen LogP contribution in [0.4, 0.5) is 5.69 Å². The lowest BCUT2D eigenvalue weighted by Gasteiger charge is -2.40. The van der Waals surface area contributed by atoms with Gasteiger partial charge in [0.1, 0.15) is 6.17 Å². The summed E-state index contributed by atoms with van der Waals surface area (Å²) < 4.78 is 0. The van der Waals surface area contributed by atoms with Gasteiger partial charge in [-0.05, 0) is 68.9 Å². The van der Waals surface area contributed by atoms with E-state index in [1.807, 2.05) is 0 Å². The lowest BCUT2D eigenvalue weighted by molar-refractivity contribution is 0.239. The minimum absolute atomic E-state index is 0.176. The molecule has 2 nitrogen and oxygen atoms in total. The number of rotatable bonds is 4. The van der Waals surface area contributed by atoms with Crippen LogP contribution in [-0.4, -0.2) is 10.9 Å². The Labute approximate surface area is 193 Å². The number of nitrogens with zero attached hydrogens (tertiary/aromatic N) is 2. The van der Waals surface area contributed by atoms with Gasteiger partial charge in [0, 0.05) is 23.0 Å². The molecule has 3 aromatic rings. The molecular formula is C30H34N2. The Bertz CT molecular complexity index is 1120. The molecule has 1 heterocycles. The summed E-state index contributed by atoms with van der Waals surface area (Å²) in [5.74, 6) is 0. The van der Waals surface area contributed by atoms with E-state index >= 15 is 0 Å². The normalized spacial score (nSPS) is 19.3. The second kappa shape index (κ2) is 8.50. The average molecular weight is 423 g/mol. The van der Waals surface area contributed by atoms with E-state index in [9.17, 15) is 0 Å². The maximum atomic E-state index is 2.78. The third kappa shape index (κ3) is 3.43. The molecule has 0 radical (unpaired) electrons. The van der Waals surface area contributed by atoms with Gasteiger partial charge in [0.2, 0.25) is 0 Å². The fourth-order valence-electron chi connectivity index (χ4n) is 5.90. The fraction of sp³-hybridized carbons (Fsp3) is 0.333. The van der Waals surface area contributed by atoms with E-state index in [1.165, 1.54) is 70.6 Å². The smallest absolute Gasteiger partial charge is 0.133 e.